The van der Waals surface area contributed by atoms with Crippen LogP contribution in [0.3, 0.4) is 0 Å². The van der Waals surface area contributed by atoms with Gasteiger partial charge in [-0.25, -0.2) is 4.79 Å². The number of aliphatic carboxylic acids is 1. The Kier molecular flexibility index (Phi) is 31.9. The van der Waals surface area contributed by atoms with E-state index in [0.717, 1.165) is 24.5 Å². The van der Waals surface area contributed by atoms with E-state index in [1.54, 1.807) is 6.26 Å². The first kappa shape index (κ1) is 97.0. The van der Waals surface area contributed by atoms with Crippen LogP contribution in [0.25, 0.3) is 0 Å². The number of amides is 19. The van der Waals surface area contributed by atoms with Gasteiger partial charge in [0.25, 0.3) is 0 Å². The van der Waals surface area contributed by atoms with Crippen LogP contribution in [0.1, 0.15) is 135 Å². The van der Waals surface area contributed by atoms with Gasteiger partial charge < -0.3 is 137 Å². The average molecular weight is 1850 g/mol. The van der Waals surface area contributed by atoms with Crippen LogP contribution in [0, 0.1) is 0 Å². The second-order valence-corrected chi connectivity index (χ2v) is 37.0. The van der Waals surface area contributed by atoms with Gasteiger partial charge in [0, 0.05) is 117 Å². The number of rotatable bonds is 30. The third-order valence-corrected chi connectivity index (χ3v) is 28.1. The molecule has 15 N–H and O–H groups in total. The van der Waals surface area contributed by atoms with Crippen molar-refractivity contribution in [1.29, 1.82) is 0 Å². The van der Waals surface area contributed by atoms with Crippen molar-refractivity contribution in [3.05, 3.63) is 0 Å². The molecule has 0 bridgehead atoms. The standard InChI is InChI=1S/C82H120N20O27S/c1-130-24-16-49(90-63(109)32-84-69(115)51-9-3-18-92(51)76(122)50-25-43(103)31-83-50)75(121)91-17-2-10-52(91)70(116)85-33-64(110)98-38-44(104)26-58(98)77(123)93-19-4-11-53(93)71(117)86-34-65(111)99-39-45(105)27-59(99)78(124)94-20-5-12-54(94)72(118)87-35-66(112)100-40-46(106)28-60(100)79(125)95-21-6-13-55(95)73(119)88-36-67(113)101-41-47(107)29-61(101)80(126)96-22-7-14-56(96)74(120)89-37-68(114)102-42-48(108)30-62(102)81(127)97-23-8-15-57(97)82(128)129/h43-62,83,103-108H,2-42H2,1H3,(H,84,115)(H,85,116)(H,86,117)(H,87,118)(H,88,119)(H,89,120)(H,90,109)(H,128,129)/t43-,44-,45-,46-,47-,48-,49+,50+,51+,52+,53+,54+,55+,56+,57+,58+,59+,60+,61+,62+/m1/s1. The first-order chi connectivity index (χ1) is 62.1. The first-order valence-corrected chi connectivity index (χ1v) is 46.6. The number of carbonyl (C=O) groups excluding carboxylic acids is 19. The number of likely N-dealkylation sites (tertiary alicyclic amines) is 12. The minimum atomic E-state index is -1.32. The molecular weight excluding hydrogens is 1730 g/mol. The summed E-state index contributed by atoms with van der Waals surface area (Å²) in [5.74, 6) is -13.9. The predicted molar refractivity (Wildman–Crippen MR) is 447 cm³/mol. The van der Waals surface area contributed by atoms with Gasteiger partial charge in [-0.05, 0) is 115 Å². The van der Waals surface area contributed by atoms with Gasteiger partial charge in [-0.15, -0.1) is 0 Å². The second-order valence-electron chi connectivity index (χ2n) is 36.0. The molecule has 0 aromatic rings. The molecule has 0 unspecified atom stereocenters. The summed E-state index contributed by atoms with van der Waals surface area (Å²) >= 11 is 1.41. The highest BCUT2D eigenvalue weighted by atomic mass is 32.2. The molecule has 0 aromatic heterocycles. The lowest BCUT2D eigenvalue weighted by Crippen LogP contribution is -2.57. The van der Waals surface area contributed by atoms with E-state index in [-0.39, 0.29) is 168 Å². The van der Waals surface area contributed by atoms with Crippen molar-refractivity contribution in [2.24, 2.45) is 0 Å². The molecule has 716 valence electrons. The van der Waals surface area contributed by atoms with Crippen LogP contribution in [0.5, 0.6) is 0 Å². The Morgan fingerprint density at radius 3 is 0.815 bits per heavy atom. The lowest BCUT2D eigenvalue weighted by atomic mass is 10.1. The van der Waals surface area contributed by atoms with Crippen molar-refractivity contribution >= 4 is 130 Å². The normalized spacial score (nSPS) is 30.3. The Balaban J connectivity index is 0.538. The smallest absolute Gasteiger partial charge is 0.326 e. The van der Waals surface area contributed by atoms with Gasteiger partial charge in [-0.1, -0.05) is 0 Å². The second kappa shape index (κ2) is 42.8. The van der Waals surface area contributed by atoms with Crippen molar-refractivity contribution in [3.63, 3.8) is 0 Å². The molecule has 13 saturated heterocycles. The minimum Gasteiger partial charge on any atom is -0.480 e. The summed E-state index contributed by atoms with van der Waals surface area (Å²) in [5, 5.41) is 94.6. The molecule has 13 rings (SSSR count). The summed E-state index contributed by atoms with van der Waals surface area (Å²) in [4.78, 5) is 291. The lowest BCUT2D eigenvalue weighted by molar-refractivity contribution is -0.151. The highest BCUT2D eigenvalue weighted by molar-refractivity contribution is 7.98. The van der Waals surface area contributed by atoms with Crippen molar-refractivity contribution in [3.8, 4) is 0 Å². The quantitative estimate of drug-likeness (QED) is 0.0318. The predicted octanol–water partition coefficient (Wildman–Crippen LogP) is -11.5. The Morgan fingerprint density at radius 1 is 0.308 bits per heavy atom. The summed E-state index contributed by atoms with van der Waals surface area (Å²) < 4.78 is 0. The Bertz CT molecular complexity index is 4380. The number of thioether (sulfide) groups is 1. The number of carbonyl (C=O) groups is 20. The molecule has 0 spiro atoms. The molecule has 13 fully saturated rings. The van der Waals surface area contributed by atoms with Crippen LogP contribution >= 0.6 is 11.8 Å². The van der Waals surface area contributed by atoms with Gasteiger partial charge in [-0.3, -0.25) is 91.1 Å². The van der Waals surface area contributed by atoms with Gasteiger partial charge in [0.15, 0.2) is 0 Å². The van der Waals surface area contributed by atoms with Crippen molar-refractivity contribution in [2.75, 3.05) is 136 Å². The molecular formula is C82H120N20O27S. The molecule has 20 atom stereocenters. The summed E-state index contributed by atoms with van der Waals surface area (Å²) in [6, 6.07) is -15.7. The van der Waals surface area contributed by atoms with Crippen molar-refractivity contribution in [2.45, 2.75) is 256 Å². The van der Waals surface area contributed by atoms with Crippen LogP contribution in [0.4, 0.5) is 0 Å². The van der Waals surface area contributed by atoms with Crippen LogP contribution in [-0.4, -0.2) is 470 Å². The van der Waals surface area contributed by atoms with Crippen molar-refractivity contribution < 1.29 is 132 Å². The number of aliphatic hydroxyl groups excluding tert-OH is 6. The monoisotopic (exact) mass is 1850 g/mol. The number of aliphatic hydroxyl groups is 6. The van der Waals surface area contributed by atoms with E-state index < -0.39 is 273 Å². The molecule has 48 heteroatoms. The Hall–Kier alpha value is -10.5. The number of nitrogens with zero attached hydrogens (tertiary/aromatic N) is 12. The maximum atomic E-state index is 14.5. The summed E-state index contributed by atoms with van der Waals surface area (Å²) in [6.45, 7) is -4.36. The summed E-state index contributed by atoms with van der Waals surface area (Å²) in [6.07, 6.45) is -1.39. The third-order valence-electron chi connectivity index (χ3n) is 27.4. The van der Waals surface area contributed by atoms with E-state index in [4.69, 9.17) is 0 Å². The summed E-state index contributed by atoms with van der Waals surface area (Å²) in [7, 11) is 0. The zero-order valence-electron chi connectivity index (χ0n) is 72.6. The minimum absolute atomic E-state index is 0.0291. The fourth-order valence-electron chi connectivity index (χ4n) is 20.9. The number of hydrogen-bond donors (Lipinski definition) is 15. The van der Waals surface area contributed by atoms with Crippen LogP contribution in [0.15, 0.2) is 0 Å². The van der Waals surface area contributed by atoms with E-state index in [9.17, 15) is 132 Å². The highest BCUT2D eigenvalue weighted by Crippen LogP contribution is 2.34. The van der Waals surface area contributed by atoms with Crippen LogP contribution in [0.2, 0.25) is 0 Å². The van der Waals surface area contributed by atoms with Crippen LogP contribution < -0.4 is 42.5 Å². The molecule has 13 heterocycles. The maximum absolute atomic E-state index is 14.5. The number of hydrogen-bond acceptors (Lipinski definition) is 28. The summed E-state index contributed by atoms with van der Waals surface area (Å²) in [5.41, 5.74) is 0. The molecule has 0 saturated carbocycles. The van der Waals surface area contributed by atoms with E-state index in [0.29, 0.717) is 63.7 Å². The molecule has 13 aliphatic heterocycles. The fourth-order valence-corrected chi connectivity index (χ4v) is 21.4. The molecule has 0 radical (unpaired) electrons. The first-order valence-electron chi connectivity index (χ1n) is 45.2. The van der Waals surface area contributed by atoms with Crippen LogP contribution in [-0.2, 0) is 95.9 Å². The van der Waals surface area contributed by atoms with Gasteiger partial charge in [0.05, 0.1) is 81.9 Å². The van der Waals surface area contributed by atoms with Gasteiger partial charge in [0.1, 0.15) is 78.5 Å². The molecule has 47 nitrogen and oxygen atoms in total. The van der Waals surface area contributed by atoms with Crippen molar-refractivity contribution in [1.82, 2.24) is 101 Å². The Labute approximate surface area is 752 Å². The van der Waals surface area contributed by atoms with Gasteiger partial charge in [0.2, 0.25) is 112 Å². The van der Waals surface area contributed by atoms with E-state index in [1.165, 1.54) is 46.1 Å². The zero-order chi connectivity index (χ0) is 93.4. The van der Waals surface area contributed by atoms with Gasteiger partial charge >= 0.3 is 5.97 Å². The number of carboxylic acids is 1. The SMILES string of the molecule is CSCC[C@H](NC(=O)CNC(=O)[C@@H]1CCCN1C(=O)[C@@H]1C[C@@H](O)CN1)C(=O)N1CCC[C@H]1C(=O)NCC(=O)N1C[C@H](O)C[C@H]1C(=O)N1CCC[C@H]1C(=O)NCC(=O)N1C[C@H](O)C[C@H]1C(=O)N1CCC[C@H]1C(=O)NCC(=O)N1C[C@H](O)C[C@H]1C(=O)N1CCC[C@H]1C(=O)NCC(=O)N1C[C@H](O)C[C@H]1C(=O)N1CCC[C@H]1C(=O)NCC(=O)N1C[C@H](O)C[C@H]1C(=O)N1CCC[C@H]1C(=O)O. The van der Waals surface area contributed by atoms with E-state index in [2.05, 4.69) is 42.5 Å². The fraction of sp³-hybridized carbons (Fsp3) is 0.756. The van der Waals surface area contributed by atoms with Gasteiger partial charge in [-0.2, -0.15) is 11.8 Å². The molecule has 0 aromatic carbocycles. The average Bonchev–Trinajstić information content (AvgIpc) is 1.65. The molecule has 0 aliphatic carbocycles. The largest absolute Gasteiger partial charge is 0.480 e. The highest BCUT2D eigenvalue weighted by Gasteiger charge is 2.53. The zero-order valence-corrected chi connectivity index (χ0v) is 73.4. The molecule has 19 amide bonds. The lowest BCUT2D eigenvalue weighted by Gasteiger charge is -2.32. The number of carboxylic acid groups (broad SMARTS) is 1. The number of β-amino-alcohol motifs (C(OH)–C–C–N with tert-alkyl or cyclic N) is 6. The molecule has 130 heavy (non-hydrogen) atoms. The molecule has 13 aliphatic rings. The van der Waals surface area contributed by atoms with E-state index in [1.807, 2.05) is 0 Å². The maximum Gasteiger partial charge on any atom is 0.326 e. The third kappa shape index (κ3) is 21.8. The number of nitrogens with one attached hydrogen (secondary N) is 8. The Morgan fingerprint density at radius 2 is 0.554 bits per heavy atom. The topological polar surface area (TPSA) is 618 Å². The van der Waals surface area contributed by atoms with E-state index >= 15 is 0 Å².